The molecular weight excluding hydrogens is 697 g/mol. The molecule has 0 aromatic rings. The van der Waals surface area contributed by atoms with E-state index in [0.29, 0.717) is 39.3 Å². The molecule has 324 valence electrons. The molecule has 0 amide bonds. The molecule has 0 saturated carbocycles. The minimum atomic E-state index is -0.210. The van der Waals surface area contributed by atoms with Crippen molar-refractivity contribution in [3.63, 3.8) is 0 Å². The number of unbranched alkanes of at least 4 members (excludes halogenated alkanes) is 23. The zero-order chi connectivity index (χ0) is 40.7. The summed E-state index contributed by atoms with van der Waals surface area (Å²) in [5, 5.41) is 0. The monoisotopic (exact) mass is 784 g/mol. The molecule has 0 saturated heterocycles. The Hall–Kier alpha value is -2.20. The second-order valence-electron chi connectivity index (χ2n) is 16.5. The summed E-state index contributed by atoms with van der Waals surface area (Å²) in [6, 6.07) is 0. The highest BCUT2D eigenvalue weighted by molar-refractivity contribution is 5.69. The van der Waals surface area contributed by atoms with E-state index >= 15 is 0 Å². The molecule has 55 heavy (non-hydrogen) atoms. The number of esters is 4. The number of nitrogens with zero attached hydrogens (tertiary/aromatic N) is 2. The summed E-state index contributed by atoms with van der Waals surface area (Å²) in [6.45, 7) is 8.84. The first-order valence-corrected chi connectivity index (χ1v) is 22.6. The number of carbonyl (C=O) groups is 4. The van der Waals surface area contributed by atoms with E-state index in [0.717, 1.165) is 94.9 Å². The van der Waals surface area contributed by atoms with Crippen LogP contribution in [0.1, 0.15) is 194 Å². The molecular formula is C45H87N2O8+. The van der Waals surface area contributed by atoms with E-state index in [1.165, 1.54) is 117 Å². The predicted octanol–water partition coefficient (Wildman–Crippen LogP) is 10.1. The predicted molar refractivity (Wildman–Crippen MR) is 224 cm³/mol. The highest BCUT2D eigenvalue weighted by Crippen LogP contribution is 2.14. The van der Waals surface area contributed by atoms with Gasteiger partial charge in [0.25, 0.3) is 0 Å². The first kappa shape index (κ1) is 52.8. The van der Waals surface area contributed by atoms with Gasteiger partial charge in [-0.05, 0) is 58.5 Å². The standard InChI is InChI=1S/C45H87N2O8/c1-42(48)52-40-35-46(3)34-28-22-16-10-6-12-18-24-30-38-54-44(50)32-26-20-14-8-9-15-21-27-33-45(51)55-39-31-25-19-13-7-11-17-23-29-36-47(4,5)37-41-53-43(2)49/h6-41H2,1-5H3/q+1. The number of hydrogen-bond donors (Lipinski definition) is 0. The molecule has 0 bridgehead atoms. The normalized spacial score (nSPS) is 11.5. The summed E-state index contributed by atoms with van der Waals surface area (Å²) in [7, 11) is 6.48. The molecule has 0 aliphatic rings. The molecule has 0 N–H and O–H groups in total. The van der Waals surface area contributed by atoms with Crippen molar-refractivity contribution in [1.29, 1.82) is 0 Å². The third kappa shape index (κ3) is 42.8. The number of rotatable bonds is 41. The second-order valence-corrected chi connectivity index (χ2v) is 16.5. The van der Waals surface area contributed by atoms with Gasteiger partial charge in [0.2, 0.25) is 0 Å². The van der Waals surface area contributed by atoms with Gasteiger partial charge >= 0.3 is 23.9 Å². The number of quaternary nitrogens is 1. The Morgan fingerprint density at radius 1 is 0.382 bits per heavy atom. The summed E-state index contributed by atoms with van der Waals surface area (Å²) in [6.07, 6.45) is 31.5. The Bertz CT molecular complexity index is 929. The van der Waals surface area contributed by atoms with Gasteiger partial charge in [0.15, 0.2) is 0 Å². The van der Waals surface area contributed by atoms with E-state index in [9.17, 15) is 19.2 Å². The van der Waals surface area contributed by atoms with Crippen molar-refractivity contribution in [3.8, 4) is 0 Å². The first-order chi connectivity index (χ1) is 26.5. The van der Waals surface area contributed by atoms with Crippen LogP contribution in [0.2, 0.25) is 0 Å². The van der Waals surface area contributed by atoms with Crippen LogP contribution in [0.5, 0.6) is 0 Å². The molecule has 0 spiro atoms. The molecule has 0 aromatic carbocycles. The molecule has 0 aromatic heterocycles. The van der Waals surface area contributed by atoms with Crippen molar-refractivity contribution in [2.75, 3.05) is 73.7 Å². The lowest BCUT2D eigenvalue weighted by Crippen LogP contribution is -2.43. The van der Waals surface area contributed by atoms with Crippen LogP contribution in [0.3, 0.4) is 0 Å². The van der Waals surface area contributed by atoms with E-state index in [-0.39, 0.29) is 23.9 Å². The van der Waals surface area contributed by atoms with Crippen molar-refractivity contribution in [2.24, 2.45) is 0 Å². The summed E-state index contributed by atoms with van der Waals surface area (Å²) < 4.78 is 21.8. The molecule has 10 heteroatoms. The lowest BCUT2D eigenvalue weighted by atomic mass is 10.1. The molecule has 0 atom stereocenters. The fourth-order valence-corrected chi connectivity index (χ4v) is 6.72. The Labute approximate surface area is 338 Å². The topological polar surface area (TPSA) is 108 Å². The van der Waals surface area contributed by atoms with Crippen LogP contribution >= 0.6 is 0 Å². The average molecular weight is 784 g/mol. The molecule has 10 nitrogen and oxygen atoms in total. The van der Waals surface area contributed by atoms with Crippen molar-refractivity contribution in [2.45, 2.75) is 194 Å². The first-order valence-electron chi connectivity index (χ1n) is 22.6. The number of carbonyl (C=O) groups excluding carboxylic acids is 4. The van der Waals surface area contributed by atoms with Gasteiger partial charge in [-0.15, -0.1) is 0 Å². The Morgan fingerprint density at radius 3 is 1.15 bits per heavy atom. The van der Waals surface area contributed by atoms with Gasteiger partial charge < -0.3 is 28.3 Å². The zero-order valence-corrected chi connectivity index (χ0v) is 36.6. The minimum absolute atomic E-state index is 0.0473. The van der Waals surface area contributed by atoms with Crippen LogP contribution in [-0.4, -0.2) is 107 Å². The van der Waals surface area contributed by atoms with Gasteiger partial charge in [-0.25, -0.2) is 0 Å². The lowest BCUT2D eigenvalue weighted by Gasteiger charge is -2.29. The zero-order valence-electron chi connectivity index (χ0n) is 36.6. The minimum Gasteiger partial charge on any atom is -0.466 e. The van der Waals surface area contributed by atoms with Gasteiger partial charge in [0, 0.05) is 33.2 Å². The molecule has 0 radical (unpaired) electrons. The molecule has 0 rings (SSSR count). The van der Waals surface area contributed by atoms with E-state index in [4.69, 9.17) is 18.9 Å². The van der Waals surface area contributed by atoms with Crippen LogP contribution in [-0.2, 0) is 38.1 Å². The fraction of sp³-hybridized carbons (Fsp3) is 0.911. The SMILES string of the molecule is CC(=O)OCCN(C)CCCCCCCCCCCOC(=O)CCCCCCCCCCC(=O)OCCCCCCCCCCC[N+](C)(C)CCOC(C)=O. The number of hydrogen-bond acceptors (Lipinski definition) is 9. The molecule has 0 unspecified atom stereocenters. The number of ether oxygens (including phenoxy) is 4. The van der Waals surface area contributed by atoms with Gasteiger partial charge in [0.1, 0.15) is 19.8 Å². The lowest BCUT2D eigenvalue weighted by molar-refractivity contribution is -0.890. The highest BCUT2D eigenvalue weighted by Gasteiger charge is 2.14. The Kier molecular flexibility index (Phi) is 37.1. The highest BCUT2D eigenvalue weighted by atomic mass is 16.5. The largest absolute Gasteiger partial charge is 0.466 e. The molecule has 0 heterocycles. The second kappa shape index (κ2) is 38.7. The molecule has 0 fully saturated rings. The summed E-state index contributed by atoms with van der Waals surface area (Å²) in [4.78, 5) is 48.0. The van der Waals surface area contributed by atoms with Gasteiger partial charge in [0.05, 0.1) is 33.9 Å². The van der Waals surface area contributed by atoms with E-state index < -0.39 is 0 Å². The summed E-state index contributed by atoms with van der Waals surface area (Å²) in [5.74, 6) is -0.505. The van der Waals surface area contributed by atoms with Crippen LogP contribution < -0.4 is 0 Å². The maximum absolute atomic E-state index is 12.0. The maximum atomic E-state index is 12.0. The van der Waals surface area contributed by atoms with Gasteiger partial charge in [-0.2, -0.15) is 0 Å². The summed E-state index contributed by atoms with van der Waals surface area (Å²) >= 11 is 0. The van der Waals surface area contributed by atoms with Crippen molar-refractivity contribution in [1.82, 2.24) is 4.90 Å². The van der Waals surface area contributed by atoms with Crippen LogP contribution in [0.25, 0.3) is 0 Å². The average Bonchev–Trinajstić information content (AvgIpc) is 3.12. The van der Waals surface area contributed by atoms with Crippen LogP contribution in [0, 0.1) is 0 Å². The third-order valence-corrected chi connectivity index (χ3v) is 10.4. The quantitative estimate of drug-likeness (QED) is 0.0259. The van der Waals surface area contributed by atoms with Gasteiger partial charge in [-0.3, -0.25) is 19.2 Å². The summed E-state index contributed by atoms with van der Waals surface area (Å²) in [5.41, 5.74) is 0. The van der Waals surface area contributed by atoms with Gasteiger partial charge in [-0.1, -0.05) is 122 Å². The maximum Gasteiger partial charge on any atom is 0.305 e. The van der Waals surface area contributed by atoms with Crippen molar-refractivity contribution in [3.05, 3.63) is 0 Å². The van der Waals surface area contributed by atoms with Crippen molar-refractivity contribution >= 4 is 23.9 Å². The smallest absolute Gasteiger partial charge is 0.305 e. The molecule has 0 aliphatic carbocycles. The Balaban J connectivity index is 3.34. The fourth-order valence-electron chi connectivity index (χ4n) is 6.72. The van der Waals surface area contributed by atoms with E-state index in [1.54, 1.807) is 0 Å². The van der Waals surface area contributed by atoms with E-state index in [2.05, 4.69) is 26.0 Å². The number of likely N-dealkylation sites (N-methyl/N-ethyl adjacent to an activating group) is 2. The molecule has 0 aliphatic heterocycles. The van der Waals surface area contributed by atoms with Crippen molar-refractivity contribution < 1.29 is 42.6 Å². The van der Waals surface area contributed by atoms with E-state index in [1.807, 2.05) is 0 Å². The van der Waals surface area contributed by atoms with Crippen LogP contribution in [0.4, 0.5) is 0 Å². The third-order valence-electron chi connectivity index (χ3n) is 10.4. The van der Waals surface area contributed by atoms with Crippen LogP contribution in [0.15, 0.2) is 0 Å². The Morgan fingerprint density at radius 2 is 0.727 bits per heavy atom.